The zero-order valence-corrected chi connectivity index (χ0v) is 7.24. The summed E-state index contributed by atoms with van der Waals surface area (Å²) in [6.07, 6.45) is 14.5. The lowest BCUT2D eigenvalue weighted by molar-refractivity contribution is 0.498. The van der Waals surface area contributed by atoms with Crippen molar-refractivity contribution in [2.24, 2.45) is 11.8 Å². The summed E-state index contributed by atoms with van der Waals surface area (Å²) in [4.78, 5) is 0. The monoisotopic (exact) mass is 164 g/mol. The molecular weight excluding hydrogens is 152 g/mol. The Kier molecular flexibility index (Phi) is 1.91. The summed E-state index contributed by atoms with van der Waals surface area (Å²) in [6.45, 7) is 0. The molecule has 0 heterocycles. The summed E-state index contributed by atoms with van der Waals surface area (Å²) >= 11 is 4.43. The molecule has 2 aliphatic carbocycles. The van der Waals surface area contributed by atoms with E-state index in [9.17, 15) is 0 Å². The number of fused-ring (bicyclic) bond motifs is 1. The van der Waals surface area contributed by atoms with Crippen LogP contribution in [0.1, 0.15) is 6.42 Å². The summed E-state index contributed by atoms with van der Waals surface area (Å²) in [5.74, 6) is 1.34. The molecule has 0 aromatic carbocycles. The third-order valence-electron chi connectivity index (χ3n) is 2.37. The van der Waals surface area contributed by atoms with Gasteiger partial charge in [0.2, 0.25) is 0 Å². The first-order valence-corrected chi connectivity index (χ1v) is 4.59. The van der Waals surface area contributed by atoms with Crippen molar-refractivity contribution < 1.29 is 0 Å². The minimum absolute atomic E-state index is 0.465. The highest BCUT2D eigenvalue weighted by molar-refractivity contribution is 7.81. The number of thiol groups is 1. The molecule has 3 unspecified atom stereocenters. The van der Waals surface area contributed by atoms with Gasteiger partial charge >= 0.3 is 0 Å². The molecule has 0 nitrogen and oxygen atoms in total. The molecule has 0 spiro atoms. The second kappa shape index (κ2) is 2.90. The van der Waals surface area contributed by atoms with E-state index in [1.165, 1.54) is 6.42 Å². The van der Waals surface area contributed by atoms with Gasteiger partial charge in [-0.3, -0.25) is 0 Å². The molecule has 2 aliphatic rings. The molecule has 0 N–H and O–H groups in total. The van der Waals surface area contributed by atoms with E-state index in [4.69, 9.17) is 0 Å². The van der Waals surface area contributed by atoms with Gasteiger partial charge in [0.15, 0.2) is 0 Å². The van der Waals surface area contributed by atoms with Crippen molar-refractivity contribution in [3.8, 4) is 0 Å². The van der Waals surface area contributed by atoms with Crippen LogP contribution in [0, 0.1) is 11.8 Å². The molecule has 0 aromatic rings. The molecule has 3 atom stereocenters. The highest BCUT2D eigenvalue weighted by atomic mass is 32.1. The fraction of sp³-hybridized carbons (Fsp3) is 0.400. The van der Waals surface area contributed by atoms with E-state index in [0.717, 1.165) is 0 Å². The quantitative estimate of drug-likeness (QED) is 0.413. The lowest BCUT2D eigenvalue weighted by Crippen LogP contribution is -2.18. The van der Waals surface area contributed by atoms with E-state index in [1.54, 1.807) is 0 Å². The standard InChI is InChI=1S/C10H12S/c11-10-6-5-8-3-1-2-4-9(8)7-10/h1-6,8-11H,7H2. The van der Waals surface area contributed by atoms with E-state index in [-0.39, 0.29) is 0 Å². The van der Waals surface area contributed by atoms with Gasteiger partial charge in [-0.25, -0.2) is 0 Å². The average molecular weight is 164 g/mol. The smallest absolute Gasteiger partial charge is 0.0202 e. The predicted molar refractivity (Wildman–Crippen MR) is 51.8 cm³/mol. The first kappa shape index (κ1) is 7.23. The number of hydrogen-bond donors (Lipinski definition) is 1. The molecule has 0 saturated carbocycles. The average Bonchev–Trinajstić information content (AvgIpc) is 2.04. The van der Waals surface area contributed by atoms with Crippen LogP contribution in [-0.2, 0) is 0 Å². The number of rotatable bonds is 0. The van der Waals surface area contributed by atoms with Crippen molar-refractivity contribution in [3.63, 3.8) is 0 Å². The van der Waals surface area contributed by atoms with Crippen LogP contribution in [-0.4, -0.2) is 5.25 Å². The van der Waals surface area contributed by atoms with Crippen LogP contribution in [0.2, 0.25) is 0 Å². The van der Waals surface area contributed by atoms with Crippen molar-refractivity contribution in [1.82, 2.24) is 0 Å². The topological polar surface area (TPSA) is 0 Å². The van der Waals surface area contributed by atoms with Gasteiger partial charge < -0.3 is 0 Å². The van der Waals surface area contributed by atoms with E-state index in [1.807, 2.05) is 0 Å². The minimum Gasteiger partial charge on any atom is -0.172 e. The largest absolute Gasteiger partial charge is 0.172 e. The van der Waals surface area contributed by atoms with Crippen LogP contribution in [0.25, 0.3) is 0 Å². The Morgan fingerprint density at radius 3 is 2.73 bits per heavy atom. The Morgan fingerprint density at radius 2 is 1.82 bits per heavy atom. The summed E-state index contributed by atoms with van der Waals surface area (Å²) in [5, 5.41) is 0.465. The fourth-order valence-corrected chi connectivity index (χ4v) is 2.07. The summed E-state index contributed by atoms with van der Waals surface area (Å²) in [7, 11) is 0. The molecule has 0 fully saturated rings. The van der Waals surface area contributed by atoms with E-state index in [2.05, 4.69) is 49.1 Å². The van der Waals surface area contributed by atoms with Gasteiger partial charge in [-0.05, 0) is 12.3 Å². The van der Waals surface area contributed by atoms with Gasteiger partial charge in [0, 0.05) is 11.2 Å². The van der Waals surface area contributed by atoms with Crippen LogP contribution in [0.3, 0.4) is 0 Å². The molecule has 11 heavy (non-hydrogen) atoms. The second-order valence-corrected chi connectivity index (χ2v) is 3.86. The molecule has 58 valence electrons. The summed E-state index contributed by atoms with van der Waals surface area (Å²) in [6, 6.07) is 0. The lowest BCUT2D eigenvalue weighted by atomic mass is 9.81. The SMILES string of the molecule is SC1C=CC2C=CC=CC2C1. The van der Waals surface area contributed by atoms with E-state index < -0.39 is 0 Å². The number of allylic oxidation sites excluding steroid dienone is 5. The van der Waals surface area contributed by atoms with Crippen LogP contribution >= 0.6 is 12.6 Å². The van der Waals surface area contributed by atoms with Crippen molar-refractivity contribution >= 4 is 12.6 Å². The van der Waals surface area contributed by atoms with Crippen LogP contribution in [0.5, 0.6) is 0 Å². The van der Waals surface area contributed by atoms with Crippen molar-refractivity contribution in [1.29, 1.82) is 0 Å². The summed E-state index contributed by atoms with van der Waals surface area (Å²) in [5.41, 5.74) is 0. The third-order valence-corrected chi connectivity index (χ3v) is 2.75. The Balaban J connectivity index is 2.20. The van der Waals surface area contributed by atoms with E-state index >= 15 is 0 Å². The minimum atomic E-state index is 0.465. The first-order valence-electron chi connectivity index (χ1n) is 4.07. The number of hydrogen-bond acceptors (Lipinski definition) is 1. The Labute approximate surface area is 73.1 Å². The van der Waals surface area contributed by atoms with Crippen molar-refractivity contribution in [2.45, 2.75) is 11.7 Å². The van der Waals surface area contributed by atoms with Gasteiger partial charge in [-0.1, -0.05) is 36.5 Å². The zero-order valence-electron chi connectivity index (χ0n) is 6.35. The van der Waals surface area contributed by atoms with Gasteiger partial charge in [-0.2, -0.15) is 12.6 Å². The van der Waals surface area contributed by atoms with Crippen molar-refractivity contribution in [3.05, 3.63) is 36.5 Å². The Morgan fingerprint density at radius 1 is 1.00 bits per heavy atom. The normalized spacial score (nSPS) is 40.6. The van der Waals surface area contributed by atoms with Crippen LogP contribution in [0.15, 0.2) is 36.5 Å². The Hall–Kier alpha value is -0.430. The lowest BCUT2D eigenvalue weighted by Gasteiger charge is -2.27. The molecule has 0 amide bonds. The van der Waals surface area contributed by atoms with Gasteiger partial charge in [0.1, 0.15) is 0 Å². The van der Waals surface area contributed by atoms with Crippen molar-refractivity contribution in [2.75, 3.05) is 0 Å². The first-order chi connectivity index (χ1) is 5.36. The molecular formula is C10H12S. The van der Waals surface area contributed by atoms with Gasteiger partial charge in [0.25, 0.3) is 0 Å². The summed E-state index contributed by atoms with van der Waals surface area (Å²) < 4.78 is 0. The molecule has 0 aliphatic heterocycles. The molecule has 1 heteroatoms. The maximum atomic E-state index is 4.43. The van der Waals surface area contributed by atoms with Gasteiger partial charge in [-0.15, -0.1) is 0 Å². The molecule has 0 aromatic heterocycles. The van der Waals surface area contributed by atoms with Gasteiger partial charge in [0.05, 0.1) is 0 Å². The van der Waals surface area contributed by atoms with Crippen LogP contribution in [0.4, 0.5) is 0 Å². The molecule has 0 radical (unpaired) electrons. The van der Waals surface area contributed by atoms with E-state index in [0.29, 0.717) is 17.1 Å². The maximum absolute atomic E-state index is 4.43. The highest BCUT2D eigenvalue weighted by Gasteiger charge is 2.21. The third kappa shape index (κ3) is 1.43. The second-order valence-electron chi connectivity index (χ2n) is 3.20. The fourth-order valence-electron chi connectivity index (χ4n) is 1.73. The zero-order chi connectivity index (χ0) is 7.68. The predicted octanol–water partition coefficient (Wildman–Crippen LogP) is 2.60. The molecule has 2 rings (SSSR count). The molecule has 0 bridgehead atoms. The molecule has 0 saturated heterocycles. The maximum Gasteiger partial charge on any atom is 0.0202 e. The Bertz CT molecular complexity index is 225. The van der Waals surface area contributed by atoms with Crippen LogP contribution < -0.4 is 0 Å². The highest BCUT2D eigenvalue weighted by Crippen LogP contribution is 2.31.